The number of nitrogens with zero attached hydrogens (tertiary/aromatic N) is 11. The summed E-state index contributed by atoms with van der Waals surface area (Å²) in [6, 6.07) is 30.0. The fourth-order valence-corrected chi connectivity index (χ4v) is 11.6. The molecule has 10 rings (SSSR count). The van der Waals surface area contributed by atoms with Crippen molar-refractivity contribution in [3.63, 3.8) is 0 Å². The number of aromatic hydroxyl groups is 3. The molecule has 4 aromatic carbocycles. The molecule has 6 heterocycles. The van der Waals surface area contributed by atoms with Gasteiger partial charge in [-0.2, -0.15) is 0 Å². The molecular weight excluding hydrogens is 1040 g/mol. The molecule has 3 aliphatic heterocycles. The lowest BCUT2D eigenvalue weighted by Crippen LogP contribution is -2.48. The highest BCUT2D eigenvalue weighted by molar-refractivity contribution is 7.88. The maximum Gasteiger partial charge on any atom is 0.319 e. The van der Waals surface area contributed by atoms with Crippen molar-refractivity contribution in [3.05, 3.63) is 120 Å². The lowest BCUT2D eigenvalue weighted by molar-refractivity contribution is -0.134. The van der Waals surface area contributed by atoms with Gasteiger partial charge in [-0.3, -0.25) is 14.6 Å². The van der Waals surface area contributed by atoms with E-state index >= 15 is 0 Å². The van der Waals surface area contributed by atoms with Gasteiger partial charge in [0.15, 0.2) is 5.82 Å². The number of hydrogen-bond acceptors (Lipinski definition) is 17. The largest absolute Gasteiger partial charge is 0.508 e. The van der Waals surface area contributed by atoms with Crippen LogP contribution >= 0.6 is 0 Å². The number of nitrogens with two attached hydrogens (primary N) is 1. The van der Waals surface area contributed by atoms with E-state index in [0.717, 1.165) is 132 Å². The van der Waals surface area contributed by atoms with Crippen LogP contribution in [0.1, 0.15) is 55.7 Å². The van der Waals surface area contributed by atoms with Crippen LogP contribution in [0, 0.1) is 5.92 Å². The van der Waals surface area contributed by atoms with E-state index in [2.05, 4.69) is 52.2 Å². The average molecular weight is 1110 g/mol. The van der Waals surface area contributed by atoms with Crippen molar-refractivity contribution in [1.82, 2.24) is 49.0 Å². The maximum absolute atomic E-state index is 13.1. The van der Waals surface area contributed by atoms with Gasteiger partial charge in [-0.05, 0) is 102 Å². The Labute approximate surface area is 467 Å². The third-order valence-corrected chi connectivity index (χ3v) is 16.2. The molecule has 80 heavy (non-hydrogen) atoms. The molecule has 3 fully saturated rings. The highest BCUT2D eigenvalue weighted by atomic mass is 32.2. The third-order valence-electron chi connectivity index (χ3n) is 15.4. The lowest BCUT2D eigenvalue weighted by Gasteiger charge is -2.39. The van der Waals surface area contributed by atoms with E-state index in [1.165, 1.54) is 10.6 Å². The molecule has 3 saturated heterocycles. The van der Waals surface area contributed by atoms with Gasteiger partial charge < -0.3 is 44.8 Å². The second kappa shape index (κ2) is 25.5. The Kier molecular flexibility index (Phi) is 17.9. The van der Waals surface area contributed by atoms with E-state index in [9.17, 15) is 28.5 Å². The number of ether oxygens (including phenoxy) is 2. The van der Waals surface area contributed by atoms with Crippen molar-refractivity contribution in [2.75, 3.05) is 115 Å². The first-order valence-corrected chi connectivity index (χ1v) is 29.4. The number of carbonyl (C=O) groups excluding carboxylic acids is 1. The zero-order valence-electron chi connectivity index (χ0n) is 45.6. The van der Waals surface area contributed by atoms with Crippen molar-refractivity contribution in [1.29, 1.82) is 0 Å². The summed E-state index contributed by atoms with van der Waals surface area (Å²) in [5.41, 5.74) is 7.91. The number of likely N-dealkylation sites (tertiary alicyclic amines) is 1. The monoisotopic (exact) mass is 1110 g/mol. The molecule has 21 nitrogen and oxygen atoms in total. The summed E-state index contributed by atoms with van der Waals surface area (Å²) in [6.07, 6.45) is 4.17. The standard InChI is InChI=1S/C58H73N13O8S/c1-41(2)50-35-51(54(73)36-53(50)72)56-62-63-58(75)70(56)48-10-6-42(7-11-48)38-66-21-23-67(24-22-66)39-43-16-19-69(20-17-43)55(74)18-30-78-32-33-79-31-29-65-25-27-68(28-26-65)47-12-8-46(9-13-47)61-57-60-37-49-14-15-52(71(49)64-57)45-5-3-4-44(34-45)40-80(59,76)77/h3-15,34-37,41,43,72-73H,16-33,38-40H2,1-2H3,(H,61,64)(H,63,75)(H2,59,76,77). The van der Waals surface area contributed by atoms with Gasteiger partial charge in [-0.25, -0.2) is 27.6 Å². The van der Waals surface area contributed by atoms with Crippen LogP contribution in [0.15, 0.2) is 103 Å². The molecule has 0 atom stereocenters. The van der Waals surface area contributed by atoms with Crippen LogP contribution < -0.4 is 15.4 Å². The Hall–Kier alpha value is -7.18. The number of piperazine rings is 2. The molecule has 3 aliphatic rings. The Morgan fingerprint density at radius 2 is 1.44 bits per heavy atom. The molecule has 1 amide bonds. The van der Waals surface area contributed by atoms with Crippen LogP contribution in [-0.4, -0.2) is 184 Å². The van der Waals surface area contributed by atoms with Crippen LogP contribution in [-0.2, 0) is 36.6 Å². The molecule has 3 aromatic heterocycles. The van der Waals surface area contributed by atoms with Crippen molar-refractivity contribution in [2.24, 2.45) is 11.1 Å². The number of phenolic OH excluding ortho intramolecular Hbond substituents is 2. The zero-order valence-corrected chi connectivity index (χ0v) is 46.4. The number of benzene rings is 4. The molecule has 0 aliphatic carbocycles. The average Bonchev–Trinajstić information content (AvgIpc) is 4.08. The predicted molar refractivity (Wildman–Crippen MR) is 307 cm³/mol. The van der Waals surface area contributed by atoms with Gasteiger partial charge in [0.1, 0.15) is 11.5 Å². The van der Waals surface area contributed by atoms with E-state index in [-0.39, 0.29) is 40.9 Å². The molecule has 0 bridgehead atoms. The fraction of sp³-hybridized carbons (Fsp3) is 0.431. The number of rotatable bonds is 22. The summed E-state index contributed by atoms with van der Waals surface area (Å²) in [5, 5.41) is 53.1. The second-order valence-electron chi connectivity index (χ2n) is 21.4. The summed E-state index contributed by atoms with van der Waals surface area (Å²) < 4.78 is 38.4. The van der Waals surface area contributed by atoms with Gasteiger partial charge in [0, 0.05) is 108 Å². The molecule has 6 N–H and O–H groups in total. The number of carbonyl (C=O) groups is 1. The quantitative estimate of drug-likeness (QED) is 0.0487. The Morgan fingerprint density at radius 1 is 0.738 bits per heavy atom. The Balaban J connectivity index is 0.561. The number of aromatic nitrogens is 6. The van der Waals surface area contributed by atoms with Crippen LogP contribution in [0.2, 0.25) is 0 Å². The van der Waals surface area contributed by atoms with Crippen LogP contribution in [0.3, 0.4) is 0 Å². The maximum atomic E-state index is 13.1. The SMILES string of the molecule is CC(C)c1cc(-c2nnc(O)n2-c2ccc(CN3CCN(CC4CCN(C(=O)CCOCCOCCN5CCN(c6ccc(Nc7ncc8ccc(-c9cccc(CS(N)(=O)=O)c9)n8n7)cc6)CC5)CC4)CC3)cc2)c(O)cc1O. The van der Waals surface area contributed by atoms with Crippen molar-refractivity contribution in [3.8, 4) is 45.8 Å². The number of fused-ring (bicyclic) bond motifs is 1. The summed E-state index contributed by atoms with van der Waals surface area (Å²) >= 11 is 0. The van der Waals surface area contributed by atoms with Gasteiger partial charge in [0.05, 0.1) is 67.3 Å². The van der Waals surface area contributed by atoms with E-state index < -0.39 is 10.0 Å². The van der Waals surface area contributed by atoms with Crippen LogP contribution in [0.4, 0.5) is 17.3 Å². The van der Waals surface area contributed by atoms with Gasteiger partial charge in [0.25, 0.3) is 0 Å². The highest BCUT2D eigenvalue weighted by Crippen LogP contribution is 2.39. The van der Waals surface area contributed by atoms with E-state index in [1.54, 1.807) is 22.8 Å². The first-order chi connectivity index (χ1) is 38.7. The number of hydrogen-bond donors (Lipinski definition) is 5. The normalized spacial score (nSPS) is 16.3. The van der Waals surface area contributed by atoms with Crippen molar-refractivity contribution >= 4 is 38.8 Å². The fourth-order valence-electron chi connectivity index (χ4n) is 11.0. The molecule has 424 valence electrons. The number of sulfonamides is 1. The minimum absolute atomic E-state index is 0.00673. The Morgan fingerprint density at radius 3 is 2.16 bits per heavy atom. The second-order valence-corrected chi connectivity index (χ2v) is 23.0. The first kappa shape index (κ1) is 56.1. The number of nitrogens with one attached hydrogen (secondary N) is 1. The van der Waals surface area contributed by atoms with Crippen molar-refractivity contribution < 1.29 is 38.0 Å². The van der Waals surface area contributed by atoms with Crippen LogP contribution in [0.25, 0.3) is 33.8 Å². The molecule has 0 spiro atoms. The smallest absolute Gasteiger partial charge is 0.319 e. The van der Waals surface area contributed by atoms with Gasteiger partial charge >= 0.3 is 6.01 Å². The zero-order chi connectivity index (χ0) is 55.8. The first-order valence-electron chi connectivity index (χ1n) is 27.7. The minimum atomic E-state index is -3.66. The number of amides is 1. The molecule has 0 radical (unpaired) electrons. The molecule has 22 heteroatoms. The molecule has 7 aromatic rings. The molecule has 0 saturated carbocycles. The van der Waals surface area contributed by atoms with Gasteiger partial charge in [-0.15, -0.1) is 10.2 Å². The molecular formula is C58H73N13O8S. The lowest BCUT2D eigenvalue weighted by atomic mass is 9.95. The number of phenols is 2. The van der Waals surface area contributed by atoms with Crippen molar-refractivity contribution in [2.45, 2.75) is 51.3 Å². The minimum Gasteiger partial charge on any atom is -0.508 e. The third kappa shape index (κ3) is 14.2. The van der Waals surface area contributed by atoms with Gasteiger partial charge in [0.2, 0.25) is 21.9 Å². The topological polar surface area (TPSA) is 246 Å². The number of anilines is 3. The van der Waals surface area contributed by atoms with Gasteiger partial charge in [-0.1, -0.05) is 49.3 Å². The van der Waals surface area contributed by atoms with E-state index in [0.29, 0.717) is 67.1 Å². The van der Waals surface area contributed by atoms with E-state index in [4.69, 9.17) is 19.7 Å². The highest BCUT2D eigenvalue weighted by Gasteiger charge is 2.27. The summed E-state index contributed by atoms with van der Waals surface area (Å²) in [4.78, 5) is 29.4. The summed E-state index contributed by atoms with van der Waals surface area (Å²) in [5.74, 6) is 1.09. The number of primary sulfonamides is 1. The Bertz CT molecular complexity index is 3310. The van der Waals surface area contributed by atoms with E-state index in [1.807, 2.05) is 85.5 Å². The summed E-state index contributed by atoms with van der Waals surface area (Å²) in [7, 11) is -3.66. The van der Waals surface area contributed by atoms with Crippen LogP contribution in [0.5, 0.6) is 17.5 Å². The molecule has 0 unspecified atom stereocenters. The summed E-state index contributed by atoms with van der Waals surface area (Å²) in [6.45, 7) is 17.9. The predicted octanol–water partition coefficient (Wildman–Crippen LogP) is 6.02. The number of piperidine rings is 1.